The molecule has 4 rings (SSSR count). The Hall–Kier alpha value is -3.42. The topological polar surface area (TPSA) is 95.1 Å². The van der Waals surface area contributed by atoms with E-state index in [2.05, 4.69) is 10.6 Å². The van der Waals surface area contributed by atoms with E-state index in [9.17, 15) is 9.59 Å². The Labute approximate surface area is 142 Å². The minimum absolute atomic E-state index is 0.00879. The minimum atomic E-state index is -0.322. The van der Waals surface area contributed by atoms with Gasteiger partial charge in [0.15, 0.2) is 24.7 Å². The first-order chi connectivity index (χ1) is 12.2. The highest BCUT2D eigenvalue weighted by Gasteiger charge is 2.17. The zero-order valence-electron chi connectivity index (χ0n) is 13.0. The van der Waals surface area contributed by atoms with E-state index in [1.807, 2.05) is 0 Å². The number of hydrogen-bond acceptors (Lipinski definition) is 6. The highest BCUT2D eigenvalue weighted by atomic mass is 16.7. The lowest BCUT2D eigenvalue weighted by Gasteiger charge is -2.18. The van der Waals surface area contributed by atoms with Crippen LogP contribution in [0, 0.1) is 0 Å². The van der Waals surface area contributed by atoms with Gasteiger partial charge in [-0.3, -0.25) is 9.59 Å². The van der Waals surface area contributed by atoms with Crippen LogP contribution in [-0.4, -0.2) is 31.8 Å². The average Bonchev–Trinajstić information content (AvgIpc) is 3.07. The number of rotatable bonds is 4. The van der Waals surface area contributed by atoms with Crippen LogP contribution in [0.1, 0.15) is 0 Å². The molecule has 2 aromatic rings. The van der Waals surface area contributed by atoms with E-state index in [-0.39, 0.29) is 31.8 Å². The summed E-state index contributed by atoms with van der Waals surface area (Å²) in [6.07, 6.45) is 0. The molecule has 8 nitrogen and oxygen atoms in total. The summed E-state index contributed by atoms with van der Waals surface area (Å²) in [6, 6.07) is 10.1. The fraction of sp³-hybridized carbons (Fsp3) is 0.176. The standard InChI is InChI=1S/C17H14N2O6/c20-16(18-10-1-3-14-15(5-10)25-9-24-14)7-22-11-2-4-13-12(6-11)19-17(21)8-23-13/h1-6H,7-9H2,(H,18,20)(H,19,21). The van der Waals surface area contributed by atoms with E-state index in [1.54, 1.807) is 36.4 Å². The molecule has 0 bridgehead atoms. The van der Waals surface area contributed by atoms with Gasteiger partial charge in [-0.25, -0.2) is 0 Å². The summed E-state index contributed by atoms with van der Waals surface area (Å²) in [4.78, 5) is 23.4. The second-order valence-electron chi connectivity index (χ2n) is 5.40. The number of hydrogen-bond donors (Lipinski definition) is 2. The predicted molar refractivity (Wildman–Crippen MR) is 87.3 cm³/mol. The summed E-state index contributed by atoms with van der Waals surface area (Å²) in [5.74, 6) is 1.70. The molecular formula is C17H14N2O6. The van der Waals surface area contributed by atoms with E-state index in [1.165, 1.54) is 0 Å². The van der Waals surface area contributed by atoms with Gasteiger partial charge < -0.3 is 29.6 Å². The van der Waals surface area contributed by atoms with Crippen LogP contribution in [0.25, 0.3) is 0 Å². The molecule has 0 aliphatic carbocycles. The first kappa shape index (κ1) is 15.1. The molecule has 0 saturated carbocycles. The summed E-state index contributed by atoms with van der Waals surface area (Å²) in [5.41, 5.74) is 1.11. The Kier molecular flexibility index (Phi) is 3.77. The highest BCUT2D eigenvalue weighted by molar-refractivity contribution is 5.95. The first-order valence-electron chi connectivity index (χ1n) is 7.56. The molecule has 2 heterocycles. The molecule has 2 amide bonds. The van der Waals surface area contributed by atoms with E-state index in [0.29, 0.717) is 34.4 Å². The van der Waals surface area contributed by atoms with Crippen LogP contribution in [0.5, 0.6) is 23.0 Å². The molecule has 0 radical (unpaired) electrons. The van der Waals surface area contributed by atoms with Gasteiger partial charge in [-0.1, -0.05) is 0 Å². The molecule has 0 aromatic heterocycles. The van der Waals surface area contributed by atoms with Crippen molar-refractivity contribution < 1.29 is 28.5 Å². The molecule has 0 spiro atoms. The van der Waals surface area contributed by atoms with Crippen molar-refractivity contribution in [1.82, 2.24) is 0 Å². The fourth-order valence-electron chi connectivity index (χ4n) is 2.47. The second-order valence-corrected chi connectivity index (χ2v) is 5.40. The minimum Gasteiger partial charge on any atom is -0.484 e. The third-order valence-electron chi connectivity index (χ3n) is 3.61. The van der Waals surface area contributed by atoms with Gasteiger partial charge in [0.25, 0.3) is 11.8 Å². The van der Waals surface area contributed by atoms with Crippen LogP contribution >= 0.6 is 0 Å². The number of ether oxygens (including phenoxy) is 4. The molecule has 2 aliphatic heterocycles. The Morgan fingerprint density at radius 1 is 1.08 bits per heavy atom. The van der Waals surface area contributed by atoms with Crippen LogP contribution in [0.15, 0.2) is 36.4 Å². The largest absolute Gasteiger partial charge is 0.484 e. The lowest BCUT2D eigenvalue weighted by atomic mass is 10.2. The maximum absolute atomic E-state index is 12.0. The third kappa shape index (κ3) is 3.27. The maximum atomic E-state index is 12.0. The molecule has 0 saturated heterocycles. The van der Waals surface area contributed by atoms with Crippen molar-refractivity contribution in [2.75, 3.05) is 30.6 Å². The predicted octanol–water partition coefficient (Wildman–Crippen LogP) is 1.76. The van der Waals surface area contributed by atoms with Gasteiger partial charge in [0, 0.05) is 17.8 Å². The summed E-state index contributed by atoms with van der Waals surface area (Å²) in [5, 5.41) is 5.40. The van der Waals surface area contributed by atoms with Crippen LogP contribution < -0.4 is 29.6 Å². The van der Waals surface area contributed by atoms with Gasteiger partial charge >= 0.3 is 0 Å². The SMILES string of the molecule is O=C(COc1ccc2c(c1)NC(=O)CO2)Nc1ccc2c(c1)OCO2. The van der Waals surface area contributed by atoms with Crippen molar-refractivity contribution in [1.29, 1.82) is 0 Å². The lowest BCUT2D eigenvalue weighted by Crippen LogP contribution is -2.25. The van der Waals surface area contributed by atoms with E-state index in [4.69, 9.17) is 18.9 Å². The fourth-order valence-corrected chi connectivity index (χ4v) is 2.47. The van der Waals surface area contributed by atoms with Gasteiger partial charge in [-0.2, -0.15) is 0 Å². The molecule has 2 aromatic carbocycles. The average molecular weight is 342 g/mol. The van der Waals surface area contributed by atoms with E-state index >= 15 is 0 Å². The zero-order valence-corrected chi connectivity index (χ0v) is 13.0. The van der Waals surface area contributed by atoms with Crippen LogP contribution in [0.3, 0.4) is 0 Å². The van der Waals surface area contributed by atoms with Crippen molar-refractivity contribution in [3.05, 3.63) is 36.4 Å². The number of fused-ring (bicyclic) bond motifs is 2. The molecule has 25 heavy (non-hydrogen) atoms. The molecule has 0 atom stereocenters. The third-order valence-corrected chi connectivity index (χ3v) is 3.61. The number of benzene rings is 2. The number of carbonyl (C=O) groups excluding carboxylic acids is 2. The molecule has 2 aliphatic rings. The van der Waals surface area contributed by atoms with Gasteiger partial charge in [0.1, 0.15) is 11.5 Å². The van der Waals surface area contributed by atoms with Crippen molar-refractivity contribution in [3.8, 4) is 23.0 Å². The second kappa shape index (κ2) is 6.23. The molecule has 0 unspecified atom stereocenters. The quantitative estimate of drug-likeness (QED) is 0.879. The molecule has 0 fully saturated rings. The van der Waals surface area contributed by atoms with E-state index < -0.39 is 0 Å². The Bertz CT molecular complexity index is 851. The summed E-state index contributed by atoms with van der Waals surface area (Å²) in [6.45, 7) is -0.0123. The Morgan fingerprint density at radius 2 is 1.92 bits per heavy atom. The van der Waals surface area contributed by atoms with Gasteiger partial charge in [0.2, 0.25) is 6.79 Å². The number of carbonyl (C=O) groups is 2. The molecule has 128 valence electrons. The van der Waals surface area contributed by atoms with Crippen molar-refractivity contribution in [3.63, 3.8) is 0 Å². The highest BCUT2D eigenvalue weighted by Crippen LogP contribution is 2.34. The number of anilines is 2. The summed E-state index contributed by atoms with van der Waals surface area (Å²) in [7, 11) is 0. The number of amides is 2. The van der Waals surface area contributed by atoms with Gasteiger partial charge in [0.05, 0.1) is 5.69 Å². The van der Waals surface area contributed by atoms with Gasteiger partial charge in [-0.05, 0) is 24.3 Å². The number of nitrogens with one attached hydrogen (secondary N) is 2. The Morgan fingerprint density at radius 3 is 2.84 bits per heavy atom. The van der Waals surface area contributed by atoms with Crippen LogP contribution in [-0.2, 0) is 9.59 Å². The molecule has 2 N–H and O–H groups in total. The zero-order chi connectivity index (χ0) is 17.2. The summed E-state index contributed by atoms with van der Waals surface area (Å²) < 4.78 is 21.2. The van der Waals surface area contributed by atoms with Crippen molar-refractivity contribution in [2.24, 2.45) is 0 Å². The molecule has 8 heteroatoms. The lowest BCUT2D eigenvalue weighted by molar-refractivity contribution is -0.119. The smallest absolute Gasteiger partial charge is 0.262 e. The van der Waals surface area contributed by atoms with Crippen molar-refractivity contribution in [2.45, 2.75) is 0 Å². The van der Waals surface area contributed by atoms with Crippen molar-refractivity contribution >= 4 is 23.2 Å². The first-order valence-corrected chi connectivity index (χ1v) is 7.56. The van der Waals surface area contributed by atoms with E-state index in [0.717, 1.165) is 0 Å². The van der Waals surface area contributed by atoms with Crippen LogP contribution in [0.2, 0.25) is 0 Å². The van der Waals surface area contributed by atoms with Gasteiger partial charge in [-0.15, -0.1) is 0 Å². The van der Waals surface area contributed by atoms with Crippen LogP contribution in [0.4, 0.5) is 11.4 Å². The normalized spacial score (nSPS) is 14.2. The molecular weight excluding hydrogens is 328 g/mol. The summed E-state index contributed by atoms with van der Waals surface area (Å²) >= 11 is 0. The Balaban J connectivity index is 1.36. The maximum Gasteiger partial charge on any atom is 0.262 e. The monoisotopic (exact) mass is 342 g/mol.